The first-order valence-corrected chi connectivity index (χ1v) is 8.21. The molecule has 0 unspecified atom stereocenters. The fraction of sp³-hybridized carbons (Fsp3) is 0.333. The van der Waals surface area contributed by atoms with E-state index < -0.39 is 23.8 Å². The molecular formula is C15H14N2O5S. The normalized spacial score (nSPS) is 20.1. The first-order chi connectivity index (χ1) is 11.0. The average molecular weight is 334 g/mol. The van der Waals surface area contributed by atoms with Gasteiger partial charge in [-0.3, -0.25) is 19.3 Å². The molecule has 3 rings (SSSR count). The fourth-order valence-electron chi connectivity index (χ4n) is 2.69. The van der Waals surface area contributed by atoms with E-state index in [2.05, 4.69) is 0 Å². The third-order valence-electron chi connectivity index (χ3n) is 3.92. The van der Waals surface area contributed by atoms with Crippen LogP contribution in [0.25, 0.3) is 0 Å². The van der Waals surface area contributed by atoms with Crippen molar-refractivity contribution in [1.82, 2.24) is 9.80 Å². The van der Waals surface area contributed by atoms with Gasteiger partial charge in [-0.15, -0.1) is 11.8 Å². The number of hydrogen-bond donors (Lipinski definition) is 1. The minimum absolute atomic E-state index is 0.0430. The van der Waals surface area contributed by atoms with E-state index in [1.165, 1.54) is 16.7 Å². The molecule has 2 heterocycles. The molecule has 0 radical (unpaired) electrons. The molecule has 0 spiro atoms. The van der Waals surface area contributed by atoms with Crippen LogP contribution in [0.4, 0.5) is 0 Å². The van der Waals surface area contributed by atoms with Crippen LogP contribution in [0.2, 0.25) is 0 Å². The molecule has 2 aliphatic rings. The molecule has 1 atom stereocenters. The van der Waals surface area contributed by atoms with Crippen molar-refractivity contribution < 1.29 is 24.3 Å². The maximum atomic E-state index is 12.2. The third kappa shape index (κ3) is 2.70. The number of rotatable bonds is 4. The quantitative estimate of drug-likeness (QED) is 0.813. The highest BCUT2D eigenvalue weighted by Crippen LogP contribution is 2.24. The van der Waals surface area contributed by atoms with E-state index in [0.29, 0.717) is 22.8 Å². The maximum Gasteiger partial charge on any atom is 0.327 e. The van der Waals surface area contributed by atoms with Crippen molar-refractivity contribution in [2.24, 2.45) is 0 Å². The predicted molar refractivity (Wildman–Crippen MR) is 82.0 cm³/mol. The summed E-state index contributed by atoms with van der Waals surface area (Å²) in [7, 11) is 0. The molecule has 8 heteroatoms. The van der Waals surface area contributed by atoms with Gasteiger partial charge in [0, 0.05) is 18.7 Å². The number of carbonyl (C=O) groups excluding carboxylic acids is 3. The summed E-state index contributed by atoms with van der Waals surface area (Å²) < 4.78 is 0. The molecule has 3 amide bonds. The van der Waals surface area contributed by atoms with E-state index >= 15 is 0 Å². The van der Waals surface area contributed by atoms with Crippen molar-refractivity contribution in [3.63, 3.8) is 0 Å². The van der Waals surface area contributed by atoms with Crippen molar-refractivity contribution in [2.75, 3.05) is 18.2 Å². The lowest BCUT2D eigenvalue weighted by Crippen LogP contribution is -2.43. The molecule has 0 aliphatic carbocycles. The summed E-state index contributed by atoms with van der Waals surface area (Å²) in [6.45, 7) is -0.0430. The van der Waals surface area contributed by atoms with Crippen LogP contribution < -0.4 is 0 Å². The van der Waals surface area contributed by atoms with Crippen molar-refractivity contribution in [3.05, 3.63) is 35.4 Å². The van der Waals surface area contributed by atoms with E-state index in [0.717, 1.165) is 4.90 Å². The first kappa shape index (κ1) is 15.5. The number of carbonyl (C=O) groups is 4. The Kier molecular flexibility index (Phi) is 4.08. The van der Waals surface area contributed by atoms with Crippen LogP contribution in [0.1, 0.15) is 27.1 Å². The van der Waals surface area contributed by atoms with Gasteiger partial charge in [0.25, 0.3) is 11.8 Å². The summed E-state index contributed by atoms with van der Waals surface area (Å²) in [5.41, 5.74) is 0.676. The highest BCUT2D eigenvalue weighted by molar-refractivity contribution is 7.99. The van der Waals surface area contributed by atoms with Crippen LogP contribution in [-0.2, 0) is 9.59 Å². The van der Waals surface area contributed by atoms with Crippen molar-refractivity contribution >= 4 is 35.5 Å². The van der Waals surface area contributed by atoms with Crippen molar-refractivity contribution in [1.29, 1.82) is 0 Å². The first-order valence-electron chi connectivity index (χ1n) is 7.06. The SMILES string of the molecule is O=C(O)[C@@H]1CSCN1C(=O)CCN1C(=O)c2ccccc2C1=O. The van der Waals surface area contributed by atoms with Gasteiger partial charge in [-0.1, -0.05) is 12.1 Å². The molecule has 120 valence electrons. The molecule has 23 heavy (non-hydrogen) atoms. The minimum Gasteiger partial charge on any atom is -0.480 e. The van der Waals surface area contributed by atoms with Crippen LogP contribution in [0.5, 0.6) is 0 Å². The summed E-state index contributed by atoms with van der Waals surface area (Å²) in [6.07, 6.45) is -0.0736. The molecular weight excluding hydrogens is 320 g/mol. The molecule has 0 bridgehead atoms. The van der Waals surface area contributed by atoms with Gasteiger partial charge in [-0.25, -0.2) is 4.79 Å². The summed E-state index contributed by atoms with van der Waals surface area (Å²) >= 11 is 1.37. The van der Waals surface area contributed by atoms with Gasteiger partial charge in [0.2, 0.25) is 5.91 Å². The van der Waals surface area contributed by atoms with Gasteiger partial charge in [-0.05, 0) is 12.1 Å². The number of aliphatic carboxylic acids is 1. The standard InChI is InChI=1S/C15H14N2O5S/c18-12(17-8-23-7-11(17)15(21)22)5-6-16-13(19)9-3-1-2-4-10(9)14(16)20/h1-4,11H,5-8H2,(H,21,22)/t11-/m0/s1. The summed E-state index contributed by atoms with van der Waals surface area (Å²) in [6, 6.07) is 5.67. The Morgan fingerprint density at radius 3 is 2.35 bits per heavy atom. The van der Waals surface area contributed by atoms with Gasteiger partial charge >= 0.3 is 5.97 Å². The largest absolute Gasteiger partial charge is 0.480 e. The Morgan fingerprint density at radius 2 is 1.78 bits per heavy atom. The Morgan fingerprint density at radius 1 is 1.17 bits per heavy atom. The molecule has 1 saturated heterocycles. The van der Waals surface area contributed by atoms with Gasteiger partial charge in [-0.2, -0.15) is 0 Å². The Bertz CT molecular complexity index is 670. The van der Waals surface area contributed by atoms with E-state index in [1.807, 2.05) is 0 Å². The Hall–Kier alpha value is -2.35. The van der Waals surface area contributed by atoms with Crippen LogP contribution in [0.3, 0.4) is 0 Å². The van der Waals surface area contributed by atoms with E-state index in [1.54, 1.807) is 24.3 Å². The van der Waals surface area contributed by atoms with Crippen LogP contribution in [0, 0.1) is 0 Å². The topological polar surface area (TPSA) is 95.0 Å². The maximum absolute atomic E-state index is 12.2. The number of hydrogen-bond acceptors (Lipinski definition) is 5. The van der Waals surface area contributed by atoms with E-state index in [9.17, 15) is 19.2 Å². The highest BCUT2D eigenvalue weighted by Gasteiger charge is 2.37. The van der Waals surface area contributed by atoms with Crippen molar-refractivity contribution in [2.45, 2.75) is 12.5 Å². The zero-order valence-corrected chi connectivity index (χ0v) is 12.9. The van der Waals surface area contributed by atoms with Crippen LogP contribution in [-0.4, -0.2) is 62.8 Å². The van der Waals surface area contributed by atoms with Crippen LogP contribution >= 0.6 is 11.8 Å². The lowest BCUT2D eigenvalue weighted by Gasteiger charge is -2.21. The monoisotopic (exact) mass is 334 g/mol. The number of carboxylic acid groups (broad SMARTS) is 1. The van der Waals surface area contributed by atoms with Crippen LogP contribution in [0.15, 0.2) is 24.3 Å². The number of amides is 3. The number of carboxylic acids is 1. The molecule has 2 aliphatic heterocycles. The van der Waals surface area contributed by atoms with Gasteiger partial charge in [0.1, 0.15) is 6.04 Å². The zero-order valence-electron chi connectivity index (χ0n) is 12.1. The number of fused-ring (bicyclic) bond motifs is 1. The average Bonchev–Trinajstić information content (AvgIpc) is 3.11. The molecule has 1 fully saturated rings. The van der Waals surface area contributed by atoms with Gasteiger partial charge in [0.05, 0.1) is 17.0 Å². The summed E-state index contributed by atoms with van der Waals surface area (Å²) in [5, 5.41) is 9.09. The molecule has 1 aromatic carbocycles. The second kappa shape index (κ2) is 6.04. The zero-order chi connectivity index (χ0) is 16.6. The summed E-state index contributed by atoms with van der Waals surface area (Å²) in [5.74, 6) is -1.55. The van der Waals surface area contributed by atoms with Crippen molar-refractivity contribution in [3.8, 4) is 0 Å². The molecule has 0 aromatic heterocycles. The van der Waals surface area contributed by atoms with E-state index in [4.69, 9.17) is 5.11 Å². The Labute approximate surface area is 136 Å². The van der Waals surface area contributed by atoms with Gasteiger partial charge in [0.15, 0.2) is 0 Å². The number of benzene rings is 1. The predicted octanol–water partition coefficient (Wildman–Crippen LogP) is 0.659. The molecule has 1 aromatic rings. The number of nitrogens with zero attached hydrogens (tertiary/aromatic N) is 2. The third-order valence-corrected chi connectivity index (χ3v) is 4.93. The minimum atomic E-state index is -1.04. The molecule has 1 N–H and O–H groups in total. The lowest BCUT2D eigenvalue weighted by molar-refractivity contribution is -0.147. The van der Waals surface area contributed by atoms with E-state index in [-0.39, 0.29) is 18.9 Å². The Balaban J connectivity index is 1.65. The molecule has 7 nitrogen and oxygen atoms in total. The smallest absolute Gasteiger partial charge is 0.327 e. The van der Waals surface area contributed by atoms with Gasteiger partial charge < -0.3 is 10.0 Å². The highest BCUT2D eigenvalue weighted by atomic mass is 32.2. The summed E-state index contributed by atoms with van der Waals surface area (Å²) in [4.78, 5) is 50.0. The second-order valence-electron chi connectivity index (χ2n) is 5.27. The lowest BCUT2D eigenvalue weighted by atomic mass is 10.1. The fourth-order valence-corrected chi connectivity index (χ4v) is 3.86. The second-order valence-corrected chi connectivity index (χ2v) is 6.27. The number of thioether (sulfide) groups is 1. The number of imide groups is 1. The molecule has 0 saturated carbocycles.